The molecular weight excluding hydrogens is 345 g/mol. The molecule has 1 aromatic rings. The Labute approximate surface area is 152 Å². The molecule has 0 radical (unpaired) electrons. The third kappa shape index (κ3) is 3.61. The van der Waals surface area contributed by atoms with Gasteiger partial charge in [0, 0.05) is 31.4 Å². The van der Waals surface area contributed by atoms with E-state index in [9.17, 15) is 18.0 Å². The maximum atomic E-state index is 13.6. The number of carbonyl (C=O) groups excluding carboxylic acids is 1. The monoisotopic (exact) mass is 372 g/mol. The summed E-state index contributed by atoms with van der Waals surface area (Å²) in [4.78, 5) is 16.5. The fraction of sp³-hybridized carbons (Fsp3) is 0.778. The van der Waals surface area contributed by atoms with E-state index >= 15 is 0 Å². The lowest BCUT2D eigenvalue weighted by molar-refractivity contribution is -0.142. The lowest BCUT2D eigenvalue weighted by Gasteiger charge is -2.36. The van der Waals surface area contributed by atoms with Crippen LogP contribution in [-0.2, 0) is 6.18 Å². The lowest BCUT2D eigenvalue weighted by Crippen LogP contribution is -2.41. The van der Waals surface area contributed by atoms with Crippen LogP contribution in [0.25, 0.3) is 0 Å². The average Bonchev–Trinajstić information content (AvgIpc) is 3.21. The Kier molecular flexibility index (Phi) is 5.33. The minimum atomic E-state index is -4.63. The van der Waals surface area contributed by atoms with E-state index in [1.54, 1.807) is 6.92 Å². The van der Waals surface area contributed by atoms with Gasteiger partial charge in [-0.25, -0.2) is 0 Å². The fourth-order valence-electron chi connectivity index (χ4n) is 4.06. The third-order valence-electron chi connectivity index (χ3n) is 5.53. The van der Waals surface area contributed by atoms with Gasteiger partial charge in [0.1, 0.15) is 0 Å². The van der Waals surface area contributed by atoms with E-state index in [2.05, 4.69) is 23.8 Å². The average molecular weight is 372 g/mol. The minimum Gasteiger partial charge on any atom is -0.339 e. The standard InChI is InChI=1S/C18H27F3N4O/c1-12(2)24-10-6-7-14(11-24)25-13(3)15(16(22-25)18(19,20)21)17(26)23-8-4-5-9-23/h12,14H,4-11H2,1-3H3. The van der Waals surface area contributed by atoms with E-state index in [1.807, 2.05) is 0 Å². The second kappa shape index (κ2) is 7.21. The van der Waals surface area contributed by atoms with Crippen molar-refractivity contribution < 1.29 is 18.0 Å². The highest BCUT2D eigenvalue weighted by molar-refractivity contribution is 5.96. The maximum absolute atomic E-state index is 13.6. The Bertz CT molecular complexity index is 662. The van der Waals surface area contributed by atoms with Gasteiger partial charge < -0.3 is 4.90 Å². The van der Waals surface area contributed by atoms with Gasteiger partial charge in [0.25, 0.3) is 5.91 Å². The van der Waals surface area contributed by atoms with E-state index in [1.165, 1.54) is 9.58 Å². The van der Waals surface area contributed by atoms with Crippen molar-refractivity contribution in [2.24, 2.45) is 0 Å². The van der Waals surface area contributed by atoms with E-state index in [0.29, 0.717) is 31.4 Å². The Morgan fingerprint density at radius 3 is 2.38 bits per heavy atom. The van der Waals surface area contributed by atoms with Crippen LogP contribution in [0, 0.1) is 6.92 Å². The van der Waals surface area contributed by atoms with Crippen LogP contribution in [0.2, 0.25) is 0 Å². The van der Waals surface area contributed by atoms with Crippen LogP contribution in [0.15, 0.2) is 0 Å². The highest BCUT2D eigenvalue weighted by atomic mass is 19.4. The summed E-state index contributed by atoms with van der Waals surface area (Å²) >= 11 is 0. The number of rotatable bonds is 3. The number of piperidine rings is 1. The summed E-state index contributed by atoms with van der Waals surface area (Å²) in [5, 5.41) is 3.91. The molecule has 0 saturated carbocycles. The molecule has 5 nitrogen and oxygen atoms in total. The first kappa shape index (κ1) is 19.2. The molecule has 3 heterocycles. The number of nitrogens with zero attached hydrogens (tertiary/aromatic N) is 4. The lowest BCUT2D eigenvalue weighted by atomic mass is 10.0. The summed E-state index contributed by atoms with van der Waals surface area (Å²) in [6.07, 6.45) is -1.26. The summed E-state index contributed by atoms with van der Waals surface area (Å²) < 4.78 is 42.3. The molecule has 0 aromatic carbocycles. The smallest absolute Gasteiger partial charge is 0.339 e. The number of likely N-dealkylation sites (tertiary alicyclic amines) is 2. The first-order valence-electron chi connectivity index (χ1n) is 9.39. The largest absolute Gasteiger partial charge is 0.435 e. The Hall–Kier alpha value is -1.57. The quantitative estimate of drug-likeness (QED) is 0.816. The van der Waals surface area contributed by atoms with Gasteiger partial charge in [0.2, 0.25) is 0 Å². The molecular formula is C18H27F3N4O. The second-order valence-corrected chi connectivity index (χ2v) is 7.64. The molecule has 3 rings (SSSR count). The SMILES string of the molecule is Cc1c(C(=O)N2CCCC2)c(C(F)(F)F)nn1C1CCCN(C(C)C)C1. The van der Waals surface area contributed by atoms with E-state index in [-0.39, 0.29) is 11.6 Å². The predicted octanol–water partition coefficient (Wildman–Crippen LogP) is 3.49. The zero-order valence-electron chi connectivity index (χ0n) is 15.6. The number of aromatic nitrogens is 2. The van der Waals surface area contributed by atoms with E-state index < -0.39 is 17.8 Å². The number of amides is 1. The van der Waals surface area contributed by atoms with Crippen molar-refractivity contribution >= 4 is 5.91 Å². The number of hydrogen-bond donors (Lipinski definition) is 0. The summed E-state index contributed by atoms with van der Waals surface area (Å²) in [5.41, 5.74) is -0.959. The molecule has 2 fully saturated rings. The molecule has 0 aliphatic carbocycles. The van der Waals surface area contributed by atoms with Gasteiger partial charge in [-0.2, -0.15) is 18.3 Å². The first-order chi connectivity index (χ1) is 12.2. The first-order valence-corrected chi connectivity index (χ1v) is 9.39. The van der Waals surface area contributed by atoms with Crippen molar-refractivity contribution in [3.8, 4) is 0 Å². The Balaban J connectivity index is 1.98. The second-order valence-electron chi connectivity index (χ2n) is 7.64. The normalized spacial score (nSPS) is 22.4. The van der Waals surface area contributed by atoms with Crippen molar-refractivity contribution in [1.82, 2.24) is 19.6 Å². The number of hydrogen-bond acceptors (Lipinski definition) is 3. The molecule has 2 saturated heterocycles. The molecule has 146 valence electrons. The van der Waals surface area contributed by atoms with Crippen molar-refractivity contribution in [1.29, 1.82) is 0 Å². The zero-order valence-corrected chi connectivity index (χ0v) is 15.6. The predicted molar refractivity (Wildman–Crippen MR) is 92.1 cm³/mol. The van der Waals surface area contributed by atoms with Gasteiger partial charge in [0.15, 0.2) is 5.69 Å². The molecule has 26 heavy (non-hydrogen) atoms. The zero-order chi connectivity index (χ0) is 19.1. The van der Waals surface area contributed by atoms with Gasteiger partial charge >= 0.3 is 6.18 Å². The van der Waals surface area contributed by atoms with E-state index in [0.717, 1.165) is 32.2 Å². The van der Waals surface area contributed by atoms with Crippen LogP contribution >= 0.6 is 0 Å². The fourth-order valence-corrected chi connectivity index (χ4v) is 4.06. The molecule has 0 bridgehead atoms. The van der Waals surface area contributed by atoms with Crippen molar-refractivity contribution in [2.45, 2.75) is 64.7 Å². The van der Waals surface area contributed by atoms with Crippen molar-refractivity contribution in [3.05, 3.63) is 17.0 Å². The topological polar surface area (TPSA) is 41.4 Å². The van der Waals surface area contributed by atoms with Gasteiger partial charge in [-0.15, -0.1) is 0 Å². The summed E-state index contributed by atoms with van der Waals surface area (Å²) in [6, 6.07) is 0.203. The van der Waals surface area contributed by atoms with Gasteiger partial charge in [-0.1, -0.05) is 0 Å². The molecule has 8 heteroatoms. The molecule has 0 spiro atoms. The van der Waals surface area contributed by atoms with Crippen molar-refractivity contribution in [3.63, 3.8) is 0 Å². The van der Waals surface area contributed by atoms with Crippen LogP contribution in [0.4, 0.5) is 13.2 Å². The molecule has 2 aliphatic heterocycles. The van der Waals surface area contributed by atoms with E-state index in [4.69, 9.17) is 0 Å². The van der Waals surface area contributed by atoms with Crippen LogP contribution in [0.3, 0.4) is 0 Å². The van der Waals surface area contributed by atoms with Gasteiger partial charge in [-0.05, 0) is 53.0 Å². The van der Waals surface area contributed by atoms with Gasteiger partial charge in [-0.3, -0.25) is 14.4 Å². The maximum Gasteiger partial charge on any atom is 0.435 e. The third-order valence-corrected chi connectivity index (χ3v) is 5.53. The number of carbonyl (C=O) groups is 1. The molecule has 1 unspecified atom stereocenters. The minimum absolute atomic E-state index is 0.132. The van der Waals surface area contributed by atoms with Crippen LogP contribution in [-0.4, -0.2) is 57.7 Å². The molecule has 0 N–H and O–H groups in total. The highest BCUT2D eigenvalue weighted by Crippen LogP contribution is 2.36. The van der Waals surface area contributed by atoms with Crippen LogP contribution < -0.4 is 0 Å². The van der Waals surface area contributed by atoms with Crippen molar-refractivity contribution in [2.75, 3.05) is 26.2 Å². The summed E-state index contributed by atoms with van der Waals surface area (Å²) in [5.74, 6) is -0.532. The van der Waals surface area contributed by atoms with Gasteiger partial charge in [0.05, 0.1) is 11.6 Å². The molecule has 1 atom stereocenters. The highest BCUT2D eigenvalue weighted by Gasteiger charge is 2.43. The van der Waals surface area contributed by atoms with Crippen LogP contribution in [0.1, 0.15) is 67.3 Å². The Morgan fingerprint density at radius 1 is 1.15 bits per heavy atom. The molecule has 1 aromatic heterocycles. The number of halogens is 3. The summed E-state index contributed by atoms with van der Waals surface area (Å²) in [6.45, 7) is 8.41. The number of alkyl halides is 3. The molecule has 2 aliphatic rings. The summed E-state index contributed by atoms with van der Waals surface area (Å²) in [7, 11) is 0. The van der Waals surface area contributed by atoms with Crippen LogP contribution in [0.5, 0.6) is 0 Å². The Morgan fingerprint density at radius 2 is 1.81 bits per heavy atom. The molecule has 1 amide bonds.